The molecular formula is C13H21N3. The van der Waals surface area contributed by atoms with Gasteiger partial charge in [-0.1, -0.05) is 19.1 Å². The first kappa shape index (κ1) is 11.3. The van der Waals surface area contributed by atoms with Crippen LogP contribution in [-0.2, 0) is 0 Å². The average Bonchev–Trinajstić information content (AvgIpc) is 2.31. The topological polar surface area (TPSA) is 32.5 Å². The van der Waals surface area contributed by atoms with E-state index in [4.69, 9.17) is 5.73 Å². The van der Waals surface area contributed by atoms with E-state index in [1.807, 2.05) is 12.1 Å². The summed E-state index contributed by atoms with van der Waals surface area (Å²) in [6.45, 7) is 5.52. The lowest BCUT2D eigenvalue weighted by molar-refractivity contribution is 0.213. The van der Waals surface area contributed by atoms with Crippen LogP contribution in [0.25, 0.3) is 0 Å². The minimum atomic E-state index is 0.647. The summed E-state index contributed by atoms with van der Waals surface area (Å²) < 4.78 is 0. The smallest absolute Gasteiger partial charge is 0.0600 e. The molecule has 1 atom stereocenters. The fraction of sp³-hybridized carbons (Fsp3) is 0.538. The van der Waals surface area contributed by atoms with Gasteiger partial charge in [0, 0.05) is 25.7 Å². The lowest BCUT2D eigenvalue weighted by atomic mass is 10.1. The molecule has 1 aliphatic rings. The molecule has 0 amide bonds. The van der Waals surface area contributed by atoms with E-state index in [2.05, 4.69) is 35.9 Å². The Bertz CT molecular complexity index is 351. The summed E-state index contributed by atoms with van der Waals surface area (Å²) in [4.78, 5) is 4.85. The Morgan fingerprint density at radius 3 is 2.75 bits per heavy atom. The molecule has 1 unspecified atom stereocenters. The Hall–Kier alpha value is -1.22. The third kappa shape index (κ3) is 2.14. The highest BCUT2D eigenvalue weighted by atomic mass is 15.3. The van der Waals surface area contributed by atoms with E-state index in [1.165, 1.54) is 12.1 Å². The van der Waals surface area contributed by atoms with Crippen molar-refractivity contribution in [3.8, 4) is 0 Å². The average molecular weight is 219 g/mol. The molecule has 2 rings (SSSR count). The highest BCUT2D eigenvalue weighted by Gasteiger charge is 2.23. The normalized spacial score (nSPS) is 22.4. The van der Waals surface area contributed by atoms with Crippen molar-refractivity contribution >= 4 is 11.4 Å². The monoisotopic (exact) mass is 219 g/mol. The Kier molecular flexibility index (Phi) is 3.34. The van der Waals surface area contributed by atoms with E-state index in [-0.39, 0.29) is 0 Å². The van der Waals surface area contributed by atoms with Crippen LogP contribution in [0.3, 0.4) is 0 Å². The molecule has 1 aromatic rings. The molecule has 1 saturated heterocycles. The lowest BCUT2D eigenvalue weighted by Crippen LogP contribution is -2.51. The summed E-state index contributed by atoms with van der Waals surface area (Å²) in [5, 5.41) is 0. The zero-order valence-electron chi connectivity index (χ0n) is 10.2. The van der Waals surface area contributed by atoms with Crippen molar-refractivity contribution in [1.29, 1.82) is 0 Å². The van der Waals surface area contributed by atoms with Gasteiger partial charge in [0.25, 0.3) is 0 Å². The molecule has 1 fully saturated rings. The Labute approximate surface area is 97.8 Å². The largest absolute Gasteiger partial charge is 0.397 e. The van der Waals surface area contributed by atoms with Gasteiger partial charge in [0.15, 0.2) is 0 Å². The summed E-state index contributed by atoms with van der Waals surface area (Å²) in [7, 11) is 2.21. The lowest BCUT2D eigenvalue weighted by Gasteiger charge is -2.40. The van der Waals surface area contributed by atoms with Crippen molar-refractivity contribution < 1.29 is 0 Å². The summed E-state index contributed by atoms with van der Waals surface area (Å²) in [5.41, 5.74) is 8.10. The quantitative estimate of drug-likeness (QED) is 0.770. The second kappa shape index (κ2) is 4.74. The van der Waals surface area contributed by atoms with Gasteiger partial charge in [-0.25, -0.2) is 0 Å². The van der Waals surface area contributed by atoms with E-state index in [0.717, 1.165) is 25.3 Å². The molecule has 2 N–H and O–H groups in total. The number of hydrogen-bond acceptors (Lipinski definition) is 3. The Morgan fingerprint density at radius 1 is 1.31 bits per heavy atom. The van der Waals surface area contributed by atoms with Crippen molar-refractivity contribution in [3.63, 3.8) is 0 Å². The molecule has 88 valence electrons. The first-order valence-corrected chi connectivity index (χ1v) is 6.02. The van der Waals surface area contributed by atoms with Gasteiger partial charge in [-0.2, -0.15) is 0 Å². The molecule has 1 aliphatic heterocycles. The van der Waals surface area contributed by atoms with Gasteiger partial charge >= 0.3 is 0 Å². The number of piperazine rings is 1. The fourth-order valence-corrected chi connectivity index (χ4v) is 2.38. The number of likely N-dealkylation sites (N-methyl/N-ethyl adjacent to an activating group) is 1. The molecule has 0 radical (unpaired) electrons. The van der Waals surface area contributed by atoms with Crippen LogP contribution in [0.4, 0.5) is 11.4 Å². The SMILES string of the molecule is CCC1CN(c2ccccc2N)CCN1C. The number of anilines is 2. The molecule has 1 aromatic carbocycles. The molecule has 0 spiro atoms. The highest BCUT2D eigenvalue weighted by molar-refractivity contribution is 5.67. The number of nitrogens with two attached hydrogens (primary N) is 1. The van der Waals surface area contributed by atoms with Gasteiger partial charge in [-0.15, -0.1) is 0 Å². The van der Waals surface area contributed by atoms with Crippen LogP contribution < -0.4 is 10.6 Å². The van der Waals surface area contributed by atoms with Gasteiger partial charge in [0.05, 0.1) is 11.4 Å². The molecule has 3 nitrogen and oxygen atoms in total. The van der Waals surface area contributed by atoms with Crippen LogP contribution in [0.5, 0.6) is 0 Å². The van der Waals surface area contributed by atoms with Gasteiger partial charge in [-0.3, -0.25) is 4.90 Å². The zero-order valence-corrected chi connectivity index (χ0v) is 10.2. The van der Waals surface area contributed by atoms with Gasteiger partial charge in [-0.05, 0) is 25.6 Å². The third-order valence-corrected chi connectivity index (χ3v) is 3.53. The summed E-state index contributed by atoms with van der Waals surface area (Å²) in [5.74, 6) is 0. The molecule has 1 heterocycles. The maximum atomic E-state index is 6.02. The predicted octanol–water partition coefficient (Wildman–Crippen LogP) is 1.80. The van der Waals surface area contributed by atoms with Gasteiger partial charge < -0.3 is 10.6 Å². The second-order valence-electron chi connectivity index (χ2n) is 4.55. The van der Waals surface area contributed by atoms with Crippen LogP contribution in [0.15, 0.2) is 24.3 Å². The first-order valence-electron chi connectivity index (χ1n) is 6.02. The first-order chi connectivity index (χ1) is 7.72. The van der Waals surface area contributed by atoms with E-state index < -0.39 is 0 Å². The molecule has 0 saturated carbocycles. The molecule has 3 heteroatoms. The molecule has 0 bridgehead atoms. The number of benzene rings is 1. The standard InChI is InChI=1S/C13H21N3/c1-3-11-10-16(9-8-15(11)2)13-7-5-4-6-12(13)14/h4-7,11H,3,8-10,14H2,1-2H3. The second-order valence-corrected chi connectivity index (χ2v) is 4.55. The molecule has 0 aromatic heterocycles. The van der Waals surface area contributed by atoms with Gasteiger partial charge in [0.1, 0.15) is 0 Å². The van der Waals surface area contributed by atoms with Crippen molar-refractivity contribution in [2.24, 2.45) is 0 Å². The van der Waals surface area contributed by atoms with Crippen molar-refractivity contribution in [3.05, 3.63) is 24.3 Å². The number of nitrogens with zero attached hydrogens (tertiary/aromatic N) is 2. The number of para-hydroxylation sites is 2. The van der Waals surface area contributed by atoms with Crippen molar-refractivity contribution in [2.75, 3.05) is 37.3 Å². The Balaban J connectivity index is 2.14. The van der Waals surface area contributed by atoms with Crippen LogP contribution in [-0.4, -0.2) is 37.6 Å². The van der Waals surface area contributed by atoms with E-state index >= 15 is 0 Å². The van der Waals surface area contributed by atoms with Crippen LogP contribution >= 0.6 is 0 Å². The fourth-order valence-electron chi connectivity index (χ4n) is 2.38. The van der Waals surface area contributed by atoms with Crippen LogP contribution in [0.1, 0.15) is 13.3 Å². The maximum absolute atomic E-state index is 6.02. The number of rotatable bonds is 2. The van der Waals surface area contributed by atoms with Crippen LogP contribution in [0.2, 0.25) is 0 Å². The zero-order chi connectivity index (χ0) is 11.5. The summed E-state index contributed by atoms with van der Waals surface area (Å²) in [6.07, 6.45) is 1.19. The van der Waals surface area contributed by atoms with Gasteiger partial charge in [0.2, 0.25) is 0 Å². The predicted molar refractivity (Wildman–Crippen MR) is 69.8 cm³/mol. The summed E-state index contributed by atoms with van der Waals surface area (Å²) in [6, 6.07) is 8.80. The Morgan fingerprint density at radius 2 is 2.06 bits per heavy atom. The van der Waals surface area contributed by atoms with E-state index in [1.54, 1.807) is 0 Å². The van der Waals surface area contributed by atoms with Crippen molar-refractivity contribution in [1.82, 2.24) is 4.90 Å². The number of nitrogen functional groups attached to an aromatic ring is 1. The van der Waals surface area contributed by atoms with Crippen LogP contribution in [0, 0.1) is 0 Å². The van der Waals surface area contributed by atoms with E-state index in [0.29, 0.717) is 6.04 Å². The highest BCUT2D eigenvalue weighted by Crippen LogP contribution is 2.25. The summed E-state index contributed by atoms with van der Waals surface area (Å²) >= 11 is 0. The van der Waals surface area contributed by atoms with E-state index in [9.17, 15) is 0 Å². The number of hydrogen-bond donors (Lipinski definition) is 1. The molecular weight excluding hydrogens is 198 g/mol. The third-order valence-electron chi connectivity index (χ3n) is 3.53. The molecule has 0 aliphatic carbocycles. The maximum Gasteiger partial charge on any atom is 0.0600 e. The minimum absolute atomic E-state index is 0.647. The van der Waals surface area contributed by atoms with Crippen molar-refractivity contribution in [2.45, 2.75) is 19.4 Å². The molecule has 16 heavy (non-hydrogen) atoms. The minimum Gasteiger partial charge on any atom is -0.397 e.